The van der Waals surface area contributed by atoms with Crippen molar-refractivity contribution in [3.8, 4) is 5.75 Å². The molecule has 2 nitrogen and oxygen atoms in total. The van der Waals surface area contributed by atoms with Gasteiger partial charge in [0.05, 0.1) is 7.11 Å². The summed E-state index contributed by atoms with van der Waals surface area (Å²) in [5.41, 5.74) is 2.81. The number of benzene rings is 2. The molecule has 2 heteroatoms. The van der Waals surface area contributed by atoms with E-state index in [2.05, 4.69) is 49.5 Å². The van der Waals surface area contributed by atoms with Gasteiger partial charge in [0.2, 0.25) is 0 Å². The predicted molar refractivity (Wildman–Crippen MR) is 79.8 cm³/mol. The first kappa shape index (κ1) is 12.5. The summed E-state index contributed by atoms with van der Waals surface area (Å²) in [6, 6.07) is 11.1. The summed E-state index contributed by atoms with van der Waals surface area (Å²) in [7, 11) is 1.76. The minimum absolute atomic E-state index is 0.0601. The van der Waals surface area contributed by atoms with E-state index in [0.29, 0.717) is 0 Å². The maximum absolute atomic E-state index is 5.56. The van der Waals surface area contributed by atoms with Crippen LogP contribution in [0.2, 0.25) is 0 Å². The zero-order valence-electron chi connectivity index (χ0n) is 11.9. The second-order valence-corrected chi connectivity index (χ2v) is 5.33. The smallest absolute Gasteiger partial charge is 0.122 e. The van der Waals surface area contributed by atoms with Crippen LogP contribution in [0, 0.1) is 0 Å². The molecule has 0 heterocycles. The van der Waals surface area contributed by atoms with E-state index in [4.69, 9.17) is 4.74 Å². The van der Waals surface area contributed by atoms with Gasteiger partial charge in [-0.15, -0.1) is 0 Å². The minimum atomic E-state index is 0.0601. The summed E-state index contributed by atoms with van der Waals surface area (Å²) < 4.78 is 5.56. The fourth-order valence-electron chi connectivity index (χ4n) is 3.39. The van der Waals surface area contributed by atoms with Crippen LogP contribution in [0.15, 0.2) is 30.3 Å². The number of fused-ring (bicyclic) bond motifs is 1. The maximum Gasteiger partial charge on any atom is 0.122 e. The molecule has 1 atom stereocenters. The molecule has 0 aliphatic heterocycles. The molecule has 0 radical (unpaired) electrons. The highest BCUT2D eigenvalue weighted by Gasteiger charge is 2.34. The van der Waals surface area contributed by atoms with E-state index >= 15 is 0 Å². The molecular weight excluding hydrogens is 234 g/mol. The average molecular weight is 255 g/mol. The molecule has 2 bridgehead atoms. The standard InChI is InChI=1S/C17H21NO/c1-4-17(18-5-2)11-15-14-10-13(17)8-6-12(14)7-9-16(15)19-3/h6-10,18H,4-5,11H2,1-3H3. The molecule has 1 N–H and O–H groups in total. The zero-order valence-corrected chi connectivity index (χ0v) is 11.9. The monoisotopic (exact) mass is 255 g/mol. The molecule has 1 aliphatic rings. The molecule has 0 fully saturated rings. The zero-order chi connectivity index (χ0) is 13.5. The Kier molecular flexibility index (Phi) is 2.98. The van der Waals surface area contributed by atoms with E-state index in [1.54, 1.807) is 7.11 Å². The quantitative estimate of drug-likeness (QED) is 0.901. The van der Waals surface area contributed by atoms with Crippen LogP contribution < -0.4 is 10.1 Å². The van der Waals surface area contributed by atoms with Gasteiger partial charge < -0.3 is 10.1 Å². The third-order valence-electron chi connectivity index (χ3n) is 4.46. The Labute approximate surface area is 114 Å². The number of ether oxygens (including phenoxy) is 1. The molecule has 2 aromatic carbocycles. The Morgan fingerprint density at radius 3 is 2.68 bits per heavy atom. The molecule has 100 valence electrons. The Morgan fingerprint density at radius 1 is 1.21 bits per heavy atom. The SMILES string of the molecule is CCNC1(CC)Cc2c(OC)ccc3ccc1cc23. The van der Waals surface area contributed by atoms with Crippen LogP contribution in [0.5, 0.6) is 5.75 Å². The van der Waals surface area contributed by atoms with Crippen LogP contribution in [0.4, 0.5) is 0 Å². The Hall–Kier alpha value is -1.54. The lowest BCUT2D eigenvalue weighted by Crippen LogP contribution is -2.45. The summed E-state index contributed by atoms with van der Waals surface area (Å²) in [6.07, 6.45) is 2.10. The molecule has 19 heavy (non-hydrogen) atoms. The normalized spacial score (nSPS) is 21.0. The lowest BCUT2D eigenvalue weighted by atomic mass is 9.75. The van der Waals surface area contributed by atoms with Crippen LogP contribution in [-0.2, 0) is 12.0 Å². The number of hydrogen-bond acceptors (Lipinski definition) is 2. The van der Waals surface area contributed by atoms with Crippen molar-refractivity contribution in [2.75, 3.05) is 13.7 Å². The first-order chi connectivity index (χ1) is 9.24. The van der Waals surface area contributed by atoms with Crippen molar-refractivity contribution in [1.29, 1.82) is 0 Å². The fraction of sp³-hybridized carbons (Fsp3) is 0.412. The summed E-state index contributed by atoms with van der Waals surface area (Å²) in [5, 5.41) is 6.35. The number of likely N-dealkylation sites (N-methyl/N-ethyl adjacent to an activating group) is 1. The van der Waals surface area contributed by atoms with Gasteiger partial charge in [0.25, 0.3) is 0 Å². The van der Waals surface area contributed by atoms with Gasteiger partial charge in [-0.25, -0.2) is 0 Å². The molecule has 0 saturated carbocycles. The topological polar surface area (TPSA) is 21.3 Å². The van der Waals surface area contributed by atoms with Crippen LogP contribution in [0.25, 0.3) is 10.8 Å². The molecule has 0 spiro atoms. The second kappa shape index (κ2) is 4.53. The third kappa shape index (κ3) is 1.74. The van der Waals surface area contributed by atoms with Crippen molar-refractivity contribution in [3.63, 3.8) is 0 Å². The van der Waals surface area contributed by atoms with Gasteiger partial charge in [-0.3, -0.25) is 0 Å². The van der Waals surface area contributed by atoms with Crippen molar-refractivity contribution in [3.05, 3.63) is 41.5 Å². The summed E-state index contributed by atoms with van der Waals surface area (Å²) >= 11 is 0. The van der Waals surface area contributed by atoms with Crippen molar-refractivity contribution in [2.24, 2.45) is 0 Å². The Balaban J connectivity index is 2.26. The highest BCUT2D eigenvalue weighted by molar-refractivity contribution is 5.90. The van der Waals surface area contributed by atoms with Gasteiger partial charge in [-0.1, -0.05) is 32.0 Å². The lowest BCUT2D eigenvalue weighted by molar-refractivity contribution is 0.316. The molecule has 0 saturated heterocycles. The largest absolute Gasteiger partial charge is 0.496 e. The highest BCUT2D eigenvalue weighted by atomic mass is 16.5. The Bertz CT molecular complexity index is 620. The van der Waals surface area contributed by atoms with Crippen molar-refractivity contribution in [2.45, 2.75) is 32.2 Å². The predicted octanol–water partition coefficient (Wildman–Crippen LogP) is 3.62. The number of hydrogen-bond donors (Lipinski definition) is 1. The van der Waals surface area contributed by atoms with E-state index in [1.807, 2.05) is 0 Å². The summed E-state index contributed by atoms with van der Waals surface area (Å²) in [4.78, 5) is 0. The van der Waals surface area contributed by atoms with Gasteiger partial charge in [-0.05, 0) is 47.9 Å². The molecular formula is C17H21NO. The van der Waals surface area contributed by atoms with Crippen LogP contribution in [-0.4, -0.2) is 13.7 Å². The second-order valence-electron chi connectivity index (χ2n) is 5.33. The van der Waals surface area contributed by atoms with Gasteiger partial charge in [0, 0.05) is 11.1 Å². The van der Waals surface area contributed by atoms with E-state index in [0.717, 1.165) is 25.1 Å². The van der Waals surface area contributed by atoms with E-state index in [1.165, 1.54) is 21.9 Å². The molecule has 0 aromatic heterocycles. The number of nitrogens with one attached hydrogen (secondary N) is 1. The fourth-order valence-corrected chi connectivity index (χ4v) is 3.39. The van der Waals surface area contributed by atoms with Gasteiger partial charge in [-0.2, -0.15) is 0 Å². The van der Waals surface area contributed by atoms with E-state index < -0.39 is 0 Å². The lowest BCUT2D eigenvalue weighted by Gasteiger charge is -2.38. The van der Waals surface area contributed by atoms with Crippen molar-refractivity contribution >= 4 is 10.8 Å². The summed E-state index contributed by atoms with van der Waals surface area (Å²) in [5.74, 6) is 1.01. The molecule has 1 unspecified atom stereocenters. The van der Waals surface area contributed by atoms with Gasteiger partial charge in [0.1, 0.15) is 5.75 Å². The van der Waals surface area contributed by atoms with Gasteiger partial charge in [0.15, 0.2) is 0 Å². The van der Waals surface area contributed by atoms with Gasteiger partial charge >= 0.3 is 0 Å². The first-order valence-corrected chi connectivity index (χ1v) is 7.09. The van der Waals surface area contributed by atoms with Crippen LogP contribution in [0.1, 0.15) is 31.4 Å². The average Bonchev–Trinajstić information content (AvgIpc) is 2.46. The minimum Gasteiger partial charge on any atom is -0.496 e. The van der Waals surface area contributed by atoms with Crippen LogP contribution in [0.3, 0.4) is 0 Å². The number of methoxy groups -OCH3 is 1. The van der Waals surface area contributed by atoms with Crippen molar-refractivity contribution in [1.82, 2.24) is 5.32 Å². The summed E-state index contributed by atoms with van der Waals surface area (Å²) in [6.45, 7) is 5.41. The maximum atomic E-state index is 5.56. The molecule has 2 aromatic rings. The van der Waals surface area contributed by atoms with E-state index in [9.17, 15) is 0 Å². The number of rotatable bonds is 4. The first-order valence-electron chi connectivity index (χ1n) is 7.09. The molecule has 3 rings (SSSR count). The van der Waals surface area contributed by atoms with E-state index in [-0.39, 0.29) is 5.54 Å². The van der Waals surface area contributed by atoms with Crippen LogP contribution >= 0.6 is 0 Å². The molecule has 1 aliphatic carbocycles. The molecule has 0 amide bonds. The Morgan fingerprint density at radius 2 is 2.00 bits per heavy atom. The highest BCUT2D eigenvalue weighted by Crippen LogP contribution is 2.41. The van der Waals surface area contributed by atoms with Crippen molar-refractivity contribution < 1.29 is 4.74 Å². The third-order valence-corrected chi connectivity index (χ3v) is 4.46.